The first-order chi connectivity index (χ1) is 13.9. The summed E-state index contributed by atoms with van der Waals surface area (Å²) in [5, 5.41) is 19.6. The first-order valence-electron chi connectivity index (χ1n) is 9.26. The molecule has 1 fully saturated rings. The van der Waals surface area contributed by atoms with E-state index >= 15 is 0 Å². The zero-order valence-electron chi connectivity index (χ0n) is 16.2. The van der Waals surface area contributed by atoms with Crippen LogP contribution >= 0.6 is 0 Å². The Morgan fingerprint density at radius 3 is 2.93 bits per heavy atom. The number of anilines is 3. The van der Waals surface area contributed by atoms with Crippen LogP contribution in [0.2, 0.25) is 0 Å². The lowest BCUT2D eigenvalue weighted by Crippen LogP contribution is -2.48. The number of nitrogens with one attached hydrogen (secondary N) is 2. The highest BCUT2D eigenvalue weighted by atomic mass is 16.5. The maximum atomic E-state index is 11.8. The molecular weight excluding hydrogens is 374 g/mol. The minimum Gasteiger partial charge on any atom is -0.380 e. The summed E-state index contributed by atoms with van der Waals surface area (Å²) >= 11 is 0. The smallest absolute Gasteiger partial charge is 0.273 e. The number of nitrogens with zero attached hydrogens (tertiary/aromatic N) is 5. The summed E-state index contributed by atoms with van der Waals surface area (Å²) in [6.45, 7) is 3.05. The highest BCUT2D eigenvalue weighted by Crippen LogP contribution is 2.26. The normalized spacial score (nSPS) is 19.3. The van der Waals surface area contributed by atoms with E-state index in [9.17, 15) is 4.79 Å². The molecule has 29 heavy (non-hydrogen) atoms. The maximum absolute atomic E-state index is 11.8. The summed E-state index contributed by atoms with van der Waals surface area (Å²) in [5.74, 6) is -0.241. The third kappa shape index (κ3) is 3.82. The molecule has 11 heteroatoms. The molecule has 2 aromatic heterocycles. The Bertz CT molecular complexity index is 1060. The number of carbonyl (C=O) groups is 1. The number of aryl methyl sites for hydroxylation is 2. The van der Waals surface area contributed by atoms with Crippen LogP contribution in [0.3, 0.4) is 0 Å². The van der Waals surface area contributed by atoms with E-state index in [4.69, 9.17) is 16.2 Å². The topological polar surface area (TPSA) is 159 Å². The van der Waals surface area contributed by atoms with Crippen molar-refractivity contribution in [3.63, 3.8) is 0 Å². The second-order valence-electron chi connectivity index (χ2n) is 7.09. The molecule has 152 valence electrons. The summed E-state index contributed by atoms with van der Waals surface area (Å²) in [6.07, 6.45) is 2.54. The predicted molar refractivity (Wildman–Crippen MR) is 108 cm³/mol. The number of hydrogen-bond donors (Lipinski definition) is 4. The van der Waals surface area contributed by atoms with Crippen molar-refractivity contribution in [2.24, 2.45) is 18.5 Å². The second kappa shape index (κ2) is 7.60. The van der Waals surface area contributed by atoms with Crippen molar-refractivity contribution < 1.29 is 9.53 Å². The maximum Gasteiger partial charge on any atom is 0.273 e. The Balaban J connectivity index is 1.66. The summed E-state index contributed by atoms with van der Waals surface area (Å²) in [5.41, 5.74) is 14.2. The average molecular weight is 397 g/mol. The molecule has 0 spiro atoms. The summed E-state index contributed by atoms with van der Waals surface area (Å²) < 4.78 is 7.13. The van der Waals surface area contributed by atoms with Gasteiger partial charge in [0, 0.05) is 36.8 Å². The van der Waals surface area contributed by atoms with Gasteiger partial charge in [-0.1, -0.05) is 0 Å². The Kier molecular flexibility index (Phi) is 4.99. The van der Waals surface area contributed by atoms with Crippen molar-refractivity contribution in [3.05, 3.63) is 29.6 Å². The number of nitrogens with two attached hydrogens (primary N) is 2. The Hall–Kier alpha value is -3.31. The van der Waals surface area contributed by atoms with E-state index < -0.39 is 5.91 Å². The zero-order chi connectivity index (χ0) is 20.5. The summed E-state index contributed by atoms with van der Waals surface area (Å²) in [4.78, 5) is 16.2. The number of aromatic nitrogens is 5. The quantitative estimate of drug-likeness (QED) is 0.479. The van der Waals surface area contributed by atoms with Crippen LogP contribution in [0.5, 0.6) is 0 Å². The van der Waals surface area contributed by atoms with Gasteiger partial charge in [-0.05, 0) is 31.0 Å². The number of benzene rings is 1. The Morgan fingerprint density at radius 1 is 1.34 bits per heavy atom. The Labute approximate surface area is 166 Å². The largest absolute Gasteiger partial charge is 0.380 e. The molecule has 3 aromatic rings. The average Bonchev–Trinajstić information content (AvgIpc) is 3.05. The first kappa shape index (κ1) is 19.0. The molecule has 4 rings (SSSR count). The molecule has 1 saturated heterocycles. The molecule has 0 saturated carbocycles. The van der Waals surface area contributed by atoms with E-state index in [0.29, 0.717) is 13.2 Å². The second-order valence-corrected chi connectivity index (χ2v) is 7.09. The predicted octanol–water partition coefficient (Wildman–Crippen LogP) is 0.437. The monoisotopic (exact) mass is 397 g/mol. The molecule has 1 amide bonds. The Morgan fingerprint density at radius 2 is 2.17 bits per heavy atom. The standard InChI is InChI=1S/C18H23N9O2/c1-9-5-10(6-14-11(9)7-21-27(14)2)22-17-15(16(20)28)25-26-18(24-17)23-13-3-4-29-8-12(13)19/h5-7,12-13H,3-4,8,19H2,1-2H3,(H2,20,28)(H2,22,23,24,26)/t12-,13+/m0/s1. The fourth-order valence-corrected chi connectivity index (χ4v) is 3.38. The van der Waals surface area contributed by atoms with Crippen LogP contribution in [0, 0.1) is 6.92 Å². The van der Waals surface area contributed by atoms with Gasteiger partial charge in [0.1, 0.15) is 0 Å². The lowest BCUT2D eigenvalue weighted by Gasteiger charge is -2.29. The molecule has 1 aliphatic rings. The van der Waals surface area contributed by atoms with Crippen molar-refractivity contribution >= 4 is 34.3 Å². The number of carbonyl (C=O) groups excluding carboxylic acids is 1. The number of amides is 1. The zero-order valence-corrected chi connectivity index (χ0v) is 16.2. The van der Waals surface area contributed by atoms with Gasteiger partial charge in [-0.2, -0.15) is 10.1 Å². The van der Waals surface area contributed by atoms with Gasteiger partial charge in [-0.25, -0.2) is 0 Å². The van der Waals surface area contributed by atoms with E-state index in [1.807, 2.05) is 32.3 Å². The number of hydrogen-bond acceptors (Lipinski definition) is 9. The van der Waals surface area contributed by atoms with Crippen LogP contribution in [0.4, 0.5) is 17.5 Å². The van der Waals surface area contributed by atoms with E-state index in [1.165, 1.54) is 0 Å². The summed E-state index contributed by atoms with van der Waals surface area (Å²) in [7, 11) is 1.87. The molecule has 3 heterocycles. The van der Waals surface area contributed by atoms with Crippen LogP contribution in [-0.4, -0.2) is 56.2 Å². The number of primary amides is 1. The molecule has 0 unspecified atom stereocenters. The van der Waals surface area contributed by atoms with Gasteiger partial charge in [-0.15, -0.1) is 10.2 Å². The highest BCUT2D eigenvalue weighted by Gasteiger charge is 2.24. The van der Waals surface area contributed by atoms with E-state index in [2.05, 4.69) is 30.9 Å². The number of rotatable bonds is 5. The van der Waals surface area contributed by atoms with E-state index in [0.717, 1.165) is 28.6 Å². The van der Waals surface area contributed by atoms with Crippen molar-refractivity contribution in [1.29, 1.82) is 0 Å². The van der Waals surface area contributed by atoms with E-state index in [1.54, 1.807) is 4.68 Å². The molecule has 0 aliphatic carbocycles. The third-order valence-corrected chi connectivity index (χ3v) is 4.97. The lowest BCUT2D eigenvalue weighted by atomic mass is 10.1. The van der Waals surface area contributed by atoms with Crippen molar-refractivity contribution in [1.82, 2.24) is 25.0 Å². The van der Waals surface area contributed by atoms with Crippen molar-refractivity contribution in [2.75, 3.05) is 23.8 Å². The van der Waals surface area contributed by atoms with Gasteiger partial charge >= 0.3 is 0 Å². The van der Waals surface area contributed by atoms with Crippen LogP contribution < -0.4 is 22.1 Å². The van der Waals surface area contributed by atoms with Crippen molar-refractivity contribution in [3.8, 4) is 0 Å². The molecule has 0 radical (unpaired) electrons. The van der Waals surface area contributed by atoms with Crippen LogP contribution in [0.25, 0.3) is 10.9 Å². The molecule has 2 atom stereocenters. The van der Waals surface area contributed by atoms with E-state index in [-0.39, 0.29) is 29.5 Å². The minimum absolute atomic E-state index is 0.0467. The fraction of sp³-hybridized carbons (Fsp3) is 0.389. The highest BCUT2D eigenvalue weighted by molar-refractivity contribution is 5.96. The van der Waals surface area contributed by atoms with Gasteiger partial charge in [0.25, 0.3) is 5.91 Å². The number of ether oxygens (including phenoxy) is 1. The summed E-state index contributed by atoms with van der Waals surface area (Å²) in [6, 6.07) is 3.63. The third-order valence-electron chi connectivity index (χ3n) is 4.97. The fourth-order valence-electron chi connectivity index (χ4n) is 3.38. The molecular formula is C18H23N9O2. The minimum atomic E-state index is -0.722. The van der Waals surface area contributed by atoms with Gasteiger partial charge in [0.2, 0.25) is 5.95 Å². The van der Waals surface area contributed by atoms with Gasteiger partial charge < -0.3 is 26.8 Å². The van der Waals surface area contributed by atoms with Gasteiger partial charge in [-0.3, -0.25) is 9.48 Å². The SMILES string of the molecule is Cc1cc(Nc2nc(N[C@@H]3CCOC[C@@H]3N)nnc2C(N)=O)cc2c1cnn2C. The van der Waals surface area contributed by atoms with Crippen molar-refractivity contribution in [2.45, 2.75) is 25.4 Å². The van der Waals surface area contributed by atoms with Gasteiger partial charge in [0.15, 0.2) is 11.5 Å². The van der Waals surface area contributed by atoms with Crippen LogP contribution in [-0.2, 0) is 11.8 Å². The first-order valence-corrected chi connectivity index (χ1v) is 9.26. The molecule has 1 aliphatic heterocycles. The van der Waals surface area contributed by atoms with Crippen LogP contribution in [0.1, 0.15) is 22.5 Å². The van der Waals surface area contributed by atoms with Gasteiger partial charge in [0.05, 0.1) is 18.3 Å². The molecule has 1 aromatic carbocycles. The number of fused-ring (bicyclic) bond motifs is 1. The molecule has 6 N–H and O–H groups in total. The van der Waals surface area contributed by atoms with Crippen LogP contribution in [0.15, 0.2) is 18.3 Å². The lowest BCUT2D eigenvalue weighted by molar-refractivity contribution is 0.0751. The molecule has 0 bridgehead atoms. The molecule has 11 nitrogen and oxygen atoms in total.